The largest absolute Gasteiger partial charge is 0.459 e. The van der Waals surface area contributed by atoms with Gasteiger partial charge in [-0.1, -0.05) is 87.0 Å². The molecule has 11 heterocycles. The Kier molecular flexibility index (Phi) is 32.0. The van der Waals surface area contributed by atoms with E-state index in [1.165, 1.54) is 64.6 Å². The first-order valence-electron chi connectivity index (χ1n) is 45.4. The number of carbonyl (C=O) groups is 6. The van der Waals surface area contributed by atoms with Crippen LogP contribution in [0.15, 0.2) is 213 Å². The number of hydrogen-bond donors (Lipinski definition) is 8. The first-order chi connectivity index (χ1) is 66.7. The van der Waals surface area contributed by atoms with E-state index in [9.17, 15) is 85.4 Å². The van der Waals surface area contributed by atoms with Gasteiger partial charge in [0.25, 0.3) is 40.0 Å². The highest BCUT2D eigenvalue weighted by atomic mass is 127. The minimum absolute atomic E-state index is 0.0214. The smallest absolute Gasteiger partial charge is 0.338 e. The van der Waals surface area contributed by atoms with E-state index >= 15 is 0 Å². The maximum atomic E-state index is 14.7. The predicted octanol–water partition coefficient (Wildman–Crippen LogP) is 6.57. The molecule has 0 spiro atoms. The highest BCUT2D eigenvalue weighted by Gasteiger charge is 2.49. The SMILES string of the molecule is CC(C)C(=O)NC1=CC([C@H]2C[C@H](F)[C@@H](COC(=O)c3ccc(-c4ccccc4)cc3)O2)C(=O)NC1=O.C[C@H]1CCc2c(c(=O)[nH]c(=O)n2Cc2ccc(F)c(C(=O)N3CCN(c4ncccn4)CC3)c2)C1.Cc1ccc2c(c1)c(=O)[nH]c(=O)n2Cc1ccc(F)c(C(=O)N2CCN(c3ncccn3)CC2)c1.O=c1[nH]c(=O)n(C2CCC3CC32)cc1Br.O=c1[nH]c(=O)n([C@@H]2CO[C@H](CO)[C@@H](O)C2)cc1I. The van der Waals surface area contributed by atoms with Gasteiger partial charge in [-0.25, -0.2) is 57.1 Å². The van der Waals surface area contributed by atoms with Crippen LogP contribution >= 0.6 is 38.5 Å². The third-order valence-corrected chi connectivity index (χ3v) is 27.0. The fraction of sp³-hybridized carbons (Fsp3) is 0.381. The van der Waals surface area contributed by atoms with Crippen LogP contribution in [-0.2, 0) is 54.5 Å². The lowest BCUT2D eigenvalue weighted by Gasteiger charge is -2.34. The van der Waals surface area contributed by atoms with Crippen molar-refractivity contribution in [1.82, 2.24) is 78.6 Å². The van der Waals surface area contributed by atoms with E-state index in [-0.39, 0.29) is 96.7 Å². The number of nitrogens with zero attached hydrogens (tertiary/aromatic N) is 12. The minimum atomic E-state index is -1.48. The van der Waals surface area contributed by atoms with Crippen LogP contribution < -0.4 is 65.4 Å². The van der Waals surface area contributed by atoms with Crippen LogP contribution in [0.4, 0.5) is 25.1 Å². The Morgan fingerprint density at radius 3 is 1.79 bits per heavy atom. The Balaban J connectivity index is 0.000000136. The normalized spacial score (nSPS) is 21.3. The number of carbonyl (C=O) groups excluding carboxylic acids is 6. The summed E-state index contributed by atoms with van der Waals surface area (Å²) in [5.41, 5.74) is 2.64. The summed E-state index contributed by atoms with van der Waals surface area (Å²) in [5.74, 6) is -2.68. The number of benzene rings is 5. The number of aliphatic hydroxyl groups excluding tert-OH is 2. The number of aromatic amines is 4. The van der Waals surface area contributed by atoms with E-state index in [4.69, 9.17) is 19.3 Å². The molecule has 37 nitrogen and oxygen atoms in total. The molecule has 4 unspecified atom stereocenters. The number of H-pyrrole nitrogens is 4. The highest BCUT2D eigenvalue weighted by Crippen LogP contribution is 2.57. The number of imide groups is 1. The number of fused-ring (bicyclic) bond motifs is 3. The maximum absolute atomic E-state index is 14.7. The molecule has 8 N–H and O–H groups in total. The summed E-state index contributed by atoms with van der Waals surface area (Å²) in [5, 5.41) is 23.7. The third kappa shape index (κ3) is 23.9. The Hall–Kier alpha value is -13.6. The zero-order chi connectivity index (χ0) is 98.7. The number of amides is 5. The number of alkyl halides is 1. The molecule has 728 valence electrons. The zero-order valence-corrected chi connectivity index (χ0v) is 79.7. The van der Waals surface area contributed by atoms with Crippen molar-refractivity contribution in [3.8, 4) is 11.1 Å². The number of rotatable bonds is 18. The van der Waals surface area contributed by atoms with Crippen LogP contribution in [0.25, 0.3) is 22.0 Å². The fourth-order valence-corrected chi connectivity index (χ4v) is 18.7. The Morgan fingerprint density at radius 2 is 1.21 bits per heavy atom. The summed E-state index contributed by atoms with van der Waals surface area (Å²) in [6.45, 7) is 11.0. The number of esters is 1. The van der Waals surface area contributed by atoms with E-state index in [1.54, 1.807) is 118 Å². The summed E-state index contributed by atoms with van der Waals surface area (Å²) in [7, 11) is 0. The molecule has 3 aliphatic carbocycles. The van der Waals surface area contributed by atoms with Crippen LogP contribution in [0.5, 0.6) is 0 Å². The molecular formula is C97H101BrF3IN18O19. The average Bonchev–Trinajstić information content (AvgIpc) is 1.60. The molecule has 5 aromatic carbocycles. The molecule has 19 rings (SSSR count). The van der Waals surface area contributed by atoms with Gasteiger partial charge in [0.1, 0.15) is 42.3 Å². The van der Waals surface area contributed by atoms with Crippen molar-refractivity contribution in [1.29, 1.82) is 0 Å². The first kappa shape index (κ1) is 99.9. The van der Waals surface area contributed by atoms with Crippen LogP contribution in [0.2, 0.25) is 0 Å². The lowest BCUT2D eigenvalue weighted by atomic mass is 9.88. The van der Waals surface area contributed by atoms with Crippen molar-refractivity contribution in [3.05, 3.63) is 318 Å². The second-order valence-corrected chi connectivity index (χ2v) is 37.5. The number of anilines is 2. The number of aliphatic hydroxyl groups is 2. The number of nitrogens with one attached hydrogen (secondary N) is 6. The minimum Gasteiger partial charge on any atom is -0.459 e. The van der Waals surface area contributed by atoms with E-state index in [1.807, 2.05) is 75.7 Å². The molecule has 2 saturated carbocycles. The molecule has 139 heavy (non-hydrogen) atoms. The van der Waals surface area contributed by atoms with Crippen LogP contribution in [0.1, 0.15) is 130 Å². The average molecular weight is 2090 g/mol. The van der Waals surface area contributed by atoms with Crippen LogP contribution in [0.3, 0.4) is 0 Å². The molecule has 0 bridgehead atoms. The van der Waals surface area contributed by atoms with Crippen molar-refractivity contribution in [3.63, 3.8) is 0 Å². The van der Waals surface area contributed by atoms with Gasteiger partial charge < -0.3 is 49.3 Å². The van der Waals surface area contributed by atoms with Crippen molar-refractivity contribution >= 4 is 96.8 Å². The zero-order valence-electron chi connectivity index (χ0n) is 76.0. The van der Waals surface area contributed by atoms with Gasteiger partial charge in [-0.2, -0.15) is 0 Å². The molecule has 11 atom stereocenters. The summed E-state index contributed by atoms with van der Waals surface area (Å²) < 4.78 is 67.2. The van der Waals surface area contributed by atoms with Crippen molar-refractivity contribution < 1.29 is 66.4 Å². The monoisotopic (exact) mass is 2080 g/mol. The van der Waals surface area contributed by atoms with Gasteiger partial charge in [-0.05, 0) is 197 Å². The molecule has 42 heteroatoms. The van der Waals surface area contributed by atoms with Crippen molar-refractivity contribution in [2.75, 3.05) is 82.0 Å². The second kappa shape index (κ2) is 44.5. The molecule has 6 aromatic heterocycles. The fourth-order valence-electron chi connectivity index (χ4n) is 17.9. The summed E-state index contributed by atoms with van der Waals surface area (Å²) >= 11 is 4.99. The second-order valence-electron chi connectivity index (χ2n) is 35.4. The summed E-state index contributed by atoms with van der Waals surface area (Å²) in [6.07, 6.45) is 12.0. The van der Waals surface area contributed by atoms with Gasteiger partial charge in [-0.15, -0.1) is 0 Å². The summed E-state index contributed by atoms with van der Waals surface area (Å²) in [6, 6.07) is 33.9. The highest BCUT2D eigenvalue weighted by molar-refractivity contribution is 14.1. The lowest BCUT2D eigenvalue weighted by molar-refractivity contribution is -0.136. The number of ether oxygens (including phenoxy) is 3. The molecular weight excluding hydrogens is 1980 g/mol. The molecule has 5 aliphatic heterocycles. The quantitative estimate of drug-likeness (QED) is 0.0256. The predicted molar refractivity (Wildman–Crippen MR) is 515 cm³/mol. The van der Waals surface area contributed by atoms with Crippen molar-refractivity contribution in [2.45, 2.75) is 135 Å². The number of piperazine rings is 2. The molecule has 8 aliphatic rings. The molecule has 0 radical (unpaired) electrons. The van der Waals surface area contributed by atoms with E-state index in [2.05, 4.69) is 73.4 Å². The Morgan fingerprint density at radius 1 is 0.633 bits per heavy atom. The van der Waals surface area contributed by atoms with Gasteiger partial charge in [0.2, 0.25) is 23.7 Å². The number of aryl methyl sites for hydroxylation is 1. The van der Waals surface area contributed by atoms with Gasteiger partial charge in [0.05, 0.1) is 86.1 Å². The molecule has 5 amide bonds. The Bertz CT molecular complexity index is 6970. The lowest BCUT2D eigenvalue weighted by Crippen LogP contribution is -2.49. The van der Waals surface area contributed by atoms with Gasteiger partial charge in [-0.3, -0.25) is 86.7 Å². The van der Waals surface area contributed by atoms with E-state index in [0.717, 1.165) is 41.1 Å². The molecule has 4 saturated heterocycles. The summed E-state index contributed by atoms with van der Waals surface area (Å²) in [4.78, 5) is 204. The van der Waals surface area contributed by atoms with E-state index < -0.39 is 100 Å². The topological polar surface area (TPSA) is 479 Å². The molecule has 11 aromatic rings. The van der Waals surface area contributed by atoms with Gasteiger partial charge >= 0.3 is 28.7 Å². The van der Waals surface area contributed by atoms with E-state index in [0.29, 0.717) is 143 Å². The third-order valence-electron chi connectivity index (χ3n) is 25.7. The molecule has 6 fully saturated rings. The van der Waals surface area contributed by atoms with Crippen molar-refractivity contribution in [2.24, 2.45) is 29.6 Å². The van der Waals surface area contributed by atoms with Gasteiger partial charge in [0, 0.05) is 119 Å². The first-order valence-corrected chi connectivity index (χ1v) is 47.3. The number of hydrogen-bond acceptors (Lipinski definition) is 25. The van der Waals surface area contributed by atoms with Crippen LogP contribution in [-0.4, -0.2) is 216 Å². The van der Waals surface area contributed by atoms with Crippen LogP contribution in [0, 0.1) is 51.7 Å². The Labute approximate surface area is 812 Å². The number of aromatic nitrogens is 12. The maximum Gasteiger partial charge on any atom is 0.338 e. The van der Waals surface area contributed by atoms with Gasteiger partial charge in [0.15, 0.2) is 0 Å². The number of halogens is 5. The standard InChI is InChI=1S/C27H27FN2O6.C25H27FN6O3.C25H23FN6O3.C10H11BrN2O2.C10H13IN2O5/c1-15(2)24(31)29-21-12-19(25(32)30-26(21)33)22-13-20(28)23(36-22)14-35-27(34)18-10-8-17(9-11-18)16-6-4-3-5-7-16;2*1-16-3-6-21-19(13-16)22(33)29-25(35)32(21)15-17-4-5-20(26)18(14-17)23(34)30-9-11-31(12-10-30)24-27-7-2-8-28-24;11-7-4-13(10(15)12-9(7)14)8-2-1-5-3-6(5)8;11-6-2-13(10(17)12-9(6)16)5-1-7(15)8(3-14)18-4-5/h3-12,15,19-20,22-23H,13-14H2,1-2H3,(H,29,31)(H,30,32,33);2,4-5,7-8,14,16H,3,6,9-13,15H2,1H3,(H,29,33,35);2-8,13-14H,9-12,15H2,1H3,(H,29,33,35);4-6,8H,1-3H2,(H,12,14,15);2,5,7-8,14-15H,1,3-4H2,(H,12,16,17)/t19?,20-,22+,23+;16-;;;5-,7-,8+/m00..0/s1.